The van der Waals surface area contributed by atoms with E-state index in [0.29, 0.717) is 6.04 Å². The molecule has 0 spiro atoms. The summed E-state index contributed by atoms with van der Waals surface area (Å²) in [4.78, 5) is 4.22. The van der Waals surface area contributed by atoms with Gasteiger partial charge in [-0.2, -0.15) is 5.10 Å². The molecule has 0 aliphatic carbocycles. The average Bonchev–Trinajstić information content (AvgIpc) is 2.72. The van der Waals surface area contributed by atoms with Gasteiger partial charge in [-0.3, -0.25) is 9.67 Å². The first-order valence-corrected chi connectivity index (χ1v) is 7.73. The number of hydrogen-bond donors (Lipinski definition) is 1. The molecule has 1 N–H and O–H groups in total. The molecule has 21 heavy (non-hydrogen) atoms. The Morgan fingerprint density at radius 3 is 2.67 bits per heavy atom. The minimum absolute atomic E-state index is 0.427. The molecule has 2 aromatic rings. The van der Waals surface area contributed by atoms with Gasteiger partial charge in [-0.25, -0.2) is 0 Å². The number of aromatic nitrogens is 3. The molecule has 114 valence electrons. The summed E-state index contributed by atoms with van der Waals surface area (Å²) in [5.41, 5.74) is 5.06. The Balaban J connectivity index is 2.12. The summed E-state index contributed by atoms with van der Waals surface area (Å²) in [7, 11) is 2.02. The molecule has 0 amide bonds. The molecule has 2 heterocycles. The third kappa shape index (κ3) is 4.14. The summed E-state index contributed by atoms with van der Waals surface area (Å²) in [6.45, 7) is 7.50. The van der Waals surface area contributed by atoms with E-state index < -0.39 is 0 Å². The van der Waals surface area contributed by atoms with E-state index in [1.165, 1.54) is 16.8 Å². The van der Waals surface area contributed by atoms with Gasteiger partial charge in [0.15, 0.2) is 0 Å². The van der Waals surface area contributed by atoms with Crippen molar-refractivity contribution in [3.8, 4) is 0 Å². The molecule has 0 saturated carbocycles. The zero-order valence-electron chi connectivity index (χ0n) is 13.6. The van der Waals surface area contributed by atoms with E-state index in [2.05, 4.69) is 42.2 Å². The normalized spacial score (nSPS) is 12.6. The second-order valence-corrected chi connectivity index (χ2v) is 5.69. The topological polar surface area (TPSA) is 42.7 Å². The monoisotopic (exact) mass is 286 g/mol. The maximum absolute atomic E-state index is 4.53. The van der Waals surface area contributed by atoms with E-state index in [1.807, 2.05) is 30.2 Å². The molecule has 0 aromatic carbocycles. The number of nitrogens with one attached hydrogen (secondary N) is 1. The molecule has 0 aliphatic rings. The van der Waals surface area contributed by atoms with Crippen LogP contribution in [0.1, 0.15) is 35.9 Å². The van der Waals surface area contributed by atoms with E-state index in [0.717, 1.165) is 31.5 Å². The van der Waals surface area contributed by atoms with Gasteiger partial charge >= 0.3 is 0 Å². The molecule has 0 radical (unpaired) electrons. The van der Waals surface area contributed by atoms with E-state index in [-0.39, 0.29) is 0 Å². The number of nitrogens with zero attached hydrogens (tertiary/aromatic N) is 3. The van der Waals surface area contributed by atoms with Crippen LogP contribution in [0.5, 0.6) is 0 Å². The number of rotatable bonds is 7. The Morgan fingerprint density at radius 2 is 2.10 bits per heavy atom. The van der Waals surface area contributed by atoms with Crippen LogP contribution in [0.25, 0.3) is 0 Å². The van der Waals surface area contributed by atoms with Crippen LogP contribution in [0.4, 0.5) is 0 Å². The smallest absolute Gasteiger partial charge is 0.0628 e. The van der Waals surface area contributed by atoms with Crippen LogP contribution in [0, 0.1) is 13.8 Å². The van der Waals surface area contributed by atoms with Gasteiger partial charge in [-0.15, -0.1) is 0 Å². The lowest BCUT2D eigenvalue weighted by Crippen LogP contribution is -2.34. The molecular formula is C17H26N4. The van der Waals surface area contributed by atoms with Gasteiger partial charge in [0.2, 0.25) is 0 Å². The molecule has 4 heteroatoms. The fraction of sp³-hybridized carbons (Fsp3) is 0.529. The van der Waals surface area contributed by atoms with Gasteiger partial charge in [-0.05, 0) is 56.8 Å². The predicted octanol–water partition coefficient (Wildman–Crippen LogP) is 2.59. The van der Waals surface area contributed by atoms with Crippen LogP contribution in [-0.2, 0) is 19.9 Å². The lowest BCUT2D eigenvalue weighted by molar-refractivity contribution is 0.502. The van der Waals surface area contributed by atoms with Crippen molar-refractivity contribution in [2.45, 2.75) is 46.1 Å². The maximum Gasteiger partial charge on any atom is 0.0628 e. The second kappa shape index (κ2) is 7.36. The molecule has 2 aromatic heterocycles. The molecule has 1 unspecified atom stereocenters. The van der Waals surface area contributed by atoms with Crippen molar-refractivity contribution in [2.24, 2.45) is 7.05 Å². The van der Waals surface area contributed by atoms with Crippen LogP contribution < -0.4 is 5.32 Å². The van der Waals surface area contributed by atoms with Crippen molar-refractivity contribution in [2.75, 3.05) is 6.54 Å². The van der Waals surface area contributed by atoms with E-state index >= 15 is 0 Å². The van der Waals surface area contributed by atoms with Gasteiger partial charge < -0.3 is 5.32 Å². The van der Waals surface area contributed by atoms with Gasteiger partial charge in [0.05, 0.1) is 5.69 Å². The Morgan fingerprint density at radius 1 is 1.29 bits per heavy atom. The van der Waals surface area contributed by atoms with Gasteiger partial charge in [0, 0.05) is 31.2 Å². The summed E-state index contributed by atoms with van der Waals surface area (Å²) >= 11 is 0. The zero-order chi connectivity index (χ0) is 15.2. The van der Waals surface area contributed by atoms with E-state index in [9.17, 15) is 0 Å². The van der Waals surface area contributed by atoms with Crippen LogP contribution in [-0.4, -0.2) is 27.4 Å². The van der Waals surface area contributed by atoms with Crippen LogP contribution in [0.2, 0.25) is 0 Å². The number of aryl methyl sites for hydroxylation is 2. The largest absolute Gasteiger partial charge is 0.313 e. The molecule has 0 fully saturated rings. The molecular weight excluding hydrogens is 260 g/mol. The highest BCUT2D eigenvalue weighted by molar-refractivity contribution is 5.26. The molecule has 4 nitrogen and oxygen atoms in total. The van der Waals surface area contributed by atoms with Crippen molar-refractivity contribution >= 4 is 0 Å². The van der Waals surface area contributed by atoms with E-state index in [1.54, 1.807) is 0 Å². The van der Waals surface area contributed by atoms with Crippen LogP contribution >= 0.6 is 0 Å². The van der Waals surface area contributed by atoms with Crippen molar-refractivity contribution in [3.63, 3.8) is 0 Å². The minimum Gasteiger partial charge on any atom is -0.313 e. The maximum atomic E-state index is 4.53. The van der Waals surface area contributed by atoms with Crippen LogP contribution in [0.3, 0.4) is 0 Å². The third-order valence-corrected chi connectivity index (χ3v) is 4.00. The lowest BCUT2D eigenvalue weighted by atomic mass is 9.98. The van der Waals surface area contributed by atoms with Crippen molar-refractivity contribution in [1.82, 2.24) is 20.1 Å². The van der Waals surface area contributed by atoms with Crippen molar-refractivity contribution in [1.29, 1.82) is 0 Å². The highest BCUT2D eigenvalue weighted by Crippen LogP contribution is 2.16. The summed E-state index contributed by atoms with van der Waals surface area (Å²) in [6, 6.07) is 4.58. The van der Waals surface area contributed by atoms with Gasteiger partial charge in [-0.1, -0.05) is 13.0 Å². The molecule has 2 rings (SSSR count). The minimum atomic E-state index is 0.427. The molecule has 0 bridgehead atoms. The highest BCUT2D eigenvalue weighted by atomic mass is 15.3. The quantitative estimate of drug-likeness (QED) is 0.850. The zero-order valence-corrected chi connectivity index (χ0v) is 13.6. The first kappa shape index (κ1) is 15.7. The summed E-state index contributed by atoms with van der Waals surface area (Å²) in [6.07, 6.45) is 6.95. The van der Waals surface area contributed by atoms with Gasteiger partial charge in [0.25, 0.3) is 0 Å². The summed E-state index contributed by atoms with van der Waals surface area (Å²) in [5, 5.41) is 8.19. The highest BCUT2D eigenvalue weighted by Gasteiger charge is 2.16. The van der Waals surface area contributed by atoms with Gasteiger partial charge in [0.1, 0.15) is 0 Å². The standard InChI is InChI=1S/C17H26N4/c1-5-8-19-16(10-15-7-6-9-18-12-15)11-17-13(2)20-21(4)14(17)3/h6-7,9,12,16,19H,5,8,10-11H2,1-4H3. The van der Waals surface area contributed by atoms with Crippen molar-refractivity contribution in [3.05, 3.63) is 47.0 Å². The molecule has 0 aliphatic heterocycles. The fourth-order valence-corrected chi connectivity index (χ4v) is 2.73. The molecule has 0 saturated heterocycles. The number of hydrogen-bond acceptors (Lipinski definition) is 3. The summed E-state index contributed by atoms with van der Waals surface area (Å²) in [5.74, 6) is 0. The van der Waals surface area contributed by atoms with Crippen LogP contribution in [0.15, 0.2) is 24.5 Å². The van der Waals surface area contributed by atoms with Crippen molar-refractivity contribution < 1.29 is 0 Å². The lowest BCUT2D eigenvalue weighted by Gasteiger charge is -2.19. The van der Waals surface area contributed by atoms with E-state index in [4.69, 9.17) is 0 Å². The Bertz CT molecular complexity index is 560. The number of pyridine rings is 1. The predicted molar refractivity (Wildman–Crippen MR) is 86.4 cm³/mol. The summed E-state index contributed by atoms with van der Waals surface area (Å²) < 4.78 is 1.98. The first-order chi connectivity index (χ1) is 10.1. The average molecular weight is 286 g/mol. The SMILES string of the molecule is CCCNC(Cc1cccnc1)Cc1c(C)nn(C)c1C. The Labute approximate surface area is 127 Å². The third-order valence-electron chi connectivity index (χ3n) is 4.00. The Hall–Kier alpha value is -1.68. The fourth-order valence-electron chi connectivity index (χ4n) is 2.73. The first-order valence-electron chi connectivity index (χ1n) is 7.73. The second-order valence-electron chi connectivity index (χ2n) is 5.69. The Kier molecular flexibility index (Phi) is 5.51. The molecule has 1 atom stereocenters.